The highest BCUT2D eigenvalue weighted by atomic mass is 32.1. The first-order chi connectivity index (χ1) is 13.7. The molecule has 1 atom stereocenters. The molecule has 0 unspecified atom stereocenters. The third kappa shape index (κ3) is 5.71. The minimum absolute atomic E-state index is 0.105. The van der Waals surface area contributed by atoms with Gasteiger partial charge in [-0.05, 0) is 61.1 Å². The SMILES string of the molecule is C=CCOc1ccc(NC(=S)N[C@@H](C)c2ccc(N3CCOCC3)cc2)cc1. The van der Waals surface area contributed by atoms with Crippen molar-refractivity contribution in [1.29, 1.82) is 0 Å². The molecule has 0 bridgehead atoms. The van der Waals surface area contributed by atoms with Gasteiger partial charge in [0, 0.05) is 24.5 Å². The van der Waals surface area contributed by atoms with Crippen LogP contribution in [0.25, 0.3) is 0 Å². The lowest BCUT2D eigenvalue weighted by molar-refractivity contribution is 0.122. The second kappa shape index (κ2) is 10.1. The van der Waals surface area contributed by atoms with Crippen molar-refractivity contribution < 1.29 is 9.47 Å². The Morgan fingerprint density at radius 3 is 2.50 bits per heavy atom. The van der Waals surface area contributed by atoms with Crippen molar-refractivity contribution in [1.82, 2.24) is 5.32 Å². The van der Waals surface area contributed by atoms with Crippen molar-refractivity contribution >= 4 is 28.7 Å². The van der Waals surface area contributed by atoms with Crippen molar-refractivity contribution in [2.24, 2.45) is 0 Å². The molecule has 2 aromatic carbocycles. The molecule has 1 aliphatic heterocycles. The van der Waals surface area contributed by atoms with E-state index >= 15 is 0 Å². The van der Waals surface area contributed by atoms with Crippen LogP contribution in [0.5, 0.6) is 5.75 Å². The van der Waals surface area contributed by atoms with Gasteiger partial charge in [0.05, 0.1) is 19.3 Å². The van der Waals surface area contributed by atoms with Gasteiger partial charge in [0.1, 0.15) is 12.4 Å². The van der Waals surface area contributed by atoms with Crippen LogP contribution in [-0.4, -0.2) is 38.0 Å². The molecule has 0 amide bonds. The third-order valence-corrected chi connectivity index (χ3v) is 4.82. The Balaban J connectivity index is 1.51. The summed E-state index contributed by atoms with van der Waals surface area (Å²) in [4.78, 5) is 2.35. The van der Waals surface area contributed by atoms with E-state index in [1.807, 2.05) is 24.3 Å². The minimum Gasteiger partial charge on any atom is -0.490 e. The number of nitrogens with zero attached hydrogens (tertiary/aromatic N) is 1. The van der Waals surface area contributed by atoms with Crippen LogP contribution in [0.2, 0.25) is 0 Å². The molecule has 1 saturated heterocycles. The second-order valence-corrected chi connectivity index (χ2v) is 7.04. The van der Waals surface area contributed by atoms with Crippen LogP contribution in [0.1, 0.15) is 18.5 Å². The normalized spacial score (nSPS) is 14.8. The summed E-state index contributed by atoms with van der Waals surface area (Å²) >= 11 is 5.45. The van der Waals surface area contributed by atoms with E-state index in [1.54, 1.807) is 6.08 Å². The monoisotopic (exact) mass is 397 g/mol. The molecule has 1 aliphatic rings. The molecule has 5 nitrogen and oxygen atoms in total. The molecule has 0 spiro atoms. The maximum absolute atomic E-state index is 5.49. The number of benzene rings is 2. The number of ether oxygens (including phenoxy) is 2. The largest absolute Gasteiger partial charge is 0.490 e. The van der Waals surface area contributed by atoms with E-state index in [0.717, 1.165) is 37.7 Å². The molecule has 0 radical (unpaired) electrons. The van der Waals surface area contributed by atoms with Crippen LogP contribution < -0.4 is 20.3 Å². The predicted octanol–water partition coefficient (Wildman–Crippen LogP) is 4.14. The highest BCUT2D eigenvalue weighted by molar-refractivity contribution is 7.80. The topological polar surface area (TPSA) is 45.8 Å². The van der Waals surface area contributed by atoms with Crippen LogP contribution in [-0.2, 0) is 4.74 Å². The van der Waals surface area contributed by atoms with E-state index in [9.17, 15) is 0 Å². The summed E-state index contributed by atoms with van der Waals surface area (Å²) < 4.78 is 10.9. The fraction of sp³-hybridized carbons (Fsp3) is 0.318. The number of rotatable bonds is 7. The minimum atomic E-state index is 0.105. The molecule has 3 rings (SSSR count). The lowest BCUT2D eigenvalue weighted by atomic mass is 10.1. The van der Waals surface area contributed by atoms with E-state index < -0.39 is 0 Å². The van der Waals surface area contributed by atoms with Gasteiger partial charge in [0.25, 0.3) is 0 Å². The summed E-state index contributed by atoms with van der Waals surface area (Å²) in [6.07, 6.45) is 1.72. The Hall–Kier alpha value is -2.57. The first-order valence-electron chi connectivity index (χ1n) is 9.49. The highest BCUT2D eigenvalue weighted by Crippen LogP contribution is 2.21. The zero-order valence-corrected chi connectivity index (χ0v) is 17.0. The van der Waals surface area contributed by atoms with Gasteiger partial charge in [0.2, 0.25) is 0 Å². The summed E-state index contributed by atoms with van der Waals surface area (Å²) in [6, 6.07) is 16.4. The van der Waals surface area contributed by atoms with E-state index in [0.29, 0.717) is 11.7 Å². The summed E-state index contributed by atoms with van der Waals surface area (Å²) in [5.41, 5.74) is 3.34. The van der Waals surface area contributed by atoms with Gasteiger partial charge in [0.15, 0.2) is 5.11 Å². The van der Waals surface area contributed by atoms with Gasteiger partial charge in [-0.3, -0.25) is 0 Å². The maximum atomic E-state index is 5.49. The summed E-state index contributed by atoms with van der Waals surface area (Å²) in [7, 11) is 0. The molecule has 148 valence electrons. The van der Waals surface area contributed by atoms with Gasteiger partial charge in [-0.25, -0.2) is 0 Å². The Kier molecular flexibility index (Phi) is 7.28. The first-order valence-corrected chi connectivity index (χ1v) is 9.90. The molecule has 6 heteroatoms. The quantitative estimate of drug-likeness (QED) is 0.541. The summed E-state index contributed by atoms with van der Waals surface area (Å²) in [5, 5.41) is 7.13. The Labute approximate surface area is 172 Å². The van der Waals surface area contributed by atoms with Gasteiger partial charge < -0.3 is 25.0 Å². The van der Waals surface area contributed by atoms with E-state index in [1.165, 1.54) is 11.3 Å². The lowest BCUT2D eigenvalue weighted by Crippen LogP contribution is -2.36. The first kappa shape index (κ1) is 20.2. The van der Waals surface area contributed by atoms with Gasteiger partial charge in [-0.15, -0.1) is 0 Å². The average molecular weight is 398 g/mol. The number of anilines is 2. The molecule has 2 N–H and O–H groups in total. The number of thiocarbonyl (C=S) groups is 1. The molecule has 2 aromatic rings. The number of nitrogens with one attached hydrogen (secondary N) is 2. The van der Waals surface area contributed by atoms with Crippen LogP contribution in [0, 0.1) is 0 Å². The fourth-order valence-corrected chi connectivity index (χ4v) is 3.33. The standard InChI is InChI=1S/C22H27N3O2S/c1-3-14-27-21-10-6-19(7-11-21)24-22(28)23-17(2)18-4-8-20(9-5-18)25-12-15-26-16-13-25/h3-11,17H,1,12-16H2,2H3,(H2,23,24,28)/t17-/m0/s1. The zero-order chi connectivity index (χ0) is 19.8. The number of morpholine rings is 1. The highest BCUT2D eigenvalue weighted by Gasteiger charge is 2.12. The summed E-state index contributed by atoms with van der Waals surface area (Å²) in [5.74, 6) is 0.804. The van der Waals surface area contributed by atoms with Crippen molar-refractivity contribution in [3.63, 3.8) is 0 Å². The smallest absolute Gasteiger partial charge is 0.171 e. The number of hydrogen-bond donors (Lipinski definition) is 2. The molecule has 0 aliphatic carbocycles. The zero-order valence-electron chi connectivity index (χ0n) is 16.2. The Morgan fingerprint density at radius 1 is 1.18 bits per heavy atom. The van der Waals surface area contributed by atoms with Crippen molar-refractivity contribution in [2.45, 2.75) is 13.0 Å². The Bertz CT molecular complexity index is 771. The van der Waals surface area contributed by atoms with E-state index in [4.69, 9.17) is 21.7 Å². The van der Waals surface area contributed by atoms with Gasteiger partial charge >= 0.3 is 0 Å². The van der Waals surface area contributed by atoms with Gasteiger partial charge in [-0.2, -0.15) is 0 Å². The number of hydrogen-bond acceptors (Lipinski definition) is 4. The lowest BCUT2D eigenvalue weighted by Gasteiger charge is -2.29. The fourth-order valence-electron chi connectivity index (χ4n) is 3.03. The average Bonchev–Trinajstić information content (AvgIpc) is 2.74. The molecular weight excluding hydrogens is 370 g/mol. The molecular formula is C22H27N3O2S. The molecule has 1 fully saturated rings. The molecule has 1 heterocycles. The summed E-state index contributed by atoms with van der Waals surface area (Å²) in [6.45, 7) is 9.71. The van der Waals surface area contributed by atoms with Crippen molar-refractivity contribution in [3.05, 3.63) is 66.7 Å². The van der Waals surface area contributed by atoms with Gasteiger partial charge in [-0.1, -0.05) is 24.8 Å². The Morgan fingerprint density at radius 2 is 1.86 bits per heavy atom. The van der Waals surface area contributed by atoms with Crippen LogP contribution in [0.4, 0.5) is 11.4 Å². The van der Waals surface area contributed by atoms with Crippen LogP contribution >= 0.6 is 12.2 Å². The van der Waals surface area contributed by atoms with Crippen LogP contribution in [0.3, 0.4) is 0 Å². The molecule has 28 heavy (non-hydrogen) atoms. The maximum Gasteiger partial charge on any atom is 0.171 e. The molecule has 0 aromatic heterocycles. The van der Waals surface area contributed by atoms with Crippen molar-refractivity contribution in [3.8, 4) is 5.75 Å². The van der Waals surface area contributed by atoms with E-state index in [2.05, 4.69) is 53.3 Å². The third-order valence-electron chi connectivity index (χ3n) is 4.60. The van der Waals surface area contributed by atoms with Crippen molar-refractivity contribution in [2.75, 3.05) is 43.1 Å². The van der Waals surface area contributed by atoms with Crippen LogP contribution in [0.15, 0.2) is 61.2 Å². The predicted molar refractivity (Wildman–Crippen MR) is 119 cm³/mol. The van der Waals surface area contributed by atoms with E-state index in [-0.39, 0.29) is 6.04 Å². The molecule has 0 saturated carbocycles. The second-order valence-electron chi connectivity index (χ2n) is 6.64.